The van der Waals surface area contributed by atoms with E-state index >= 15 is 0 Å². The summed E-state index contributed by atoms with van der Waals surface area (Å²) in [5, 5.41) is 10.2. The third-order valence-electron chi connectivity index (χ3n) is 3.57. The molecule has 2 aromatic carbocycles. The molecule has 0 heterocycles. The molecule has 20 heavy (non-hydrogen) atoms. The highest BCUT2D eigenvalue weighted by Crippen LogP contribution is 2.14. The second-order valence-corrected chi connectivity index (χ2v) is 5.42. The van der Waals surface area contributed by atoms with Gasteiger partial charge in [0.25, 0.3) is 0 Å². The normalized spacial score (nSPS) is 12.6. The zero-order chi connectivity index (χ0) is 14.4. The van der Waals surface area contributed by atoms with Crippen LogP contribution in [0.25, 0.3) is 0 Å². The molecule has 0 saturated carbocycles. The van der Waals surface area contributed by atoms with Crippen LogP contribution in [0.5, 0.6) is 0 Å². The Morgan fingerprint density at radius 3 is 2.30 bits per heavy atom. The number of rotatable bonds is 6. The van der Waals surface area contributed by atoms with Crippen molar-refractivity contribution < 1.29 is 5.11 Å². The van der Waals surface area contributed by atoms with Crippen molar-refractivity contribution in [3.63, 3.8) is 0 Å². The van der Waals surface area contributed by atoms with Gasteiger partial charge in [0.1, 0.15) is 0 Å². The molecule has 2 rings (SSSR count). The Balaban J connectivity index is 1.82. The van der Waals surface area contributed by atoms with Gasteiger partial charge in [-0.1, -0.05) is 60.2 Å². The van der Waals surface area contributed by atoms with Crippen LogP contribution in [0.4, 0.5) is 0 Å². The molecule has 0 aliphatic heterocycles. The van der Waals surface area contributed by atoms with Gasteiger partial charge in [0.05, 0.1) is 6.10 Å². The van der Waals surface area contributed by atoms with Crippen molar-refractivity contribution in [1.82, 2.24) is 4.90 Å². The number of likely N-dealkylation sites (N-methyl/N-ethyl adjacent to an activating group) is 1. The molecule has 0 aliphatic rings. The van der Waals surface area contributed by atoms with E-state index in [4.69, 9.17) is 0 Å². The van der Waals surface area contributed by atoms with Gasteiger partial charge in [-0.3, -0.25) is 0 Å². The largest absolute Gasteiger partial charge is 0.387 e. The van der Waals surface area contributed by atoms with E-state index in [-0.39, 0.29) is 0 Å². The van der Waals surface area contributed by atoms with Gasteiger partial charge in [-0.05, 0) is 31.5 Å². The molecule has 0 fully saturated rings. The Labute approximate surface area is 121 Å². The van der Waals surface area contributed by atoms with Crippen LogP contribution < -0.4 is 0 Å². The summed E-state index contributed by atoms with van der Waals surface area (Å²) in [6.07, 6.45) is 0.592. The van der Waals surface area contributed by atoms with Crippen LogP contribution in [0, 0.1) is 6.92 Å². The molecule has 0 unspecified atom stereocenters. The maximum atomic E-state index is 10.2. The Bertz CT molecular complexity index is 507. The monoisotopic (exact) mass is 269 g/mol. The highest BCUT2D eigenvalue weighted by atomic mass is 16.3. The quantitative estimate of drug-likeness (QED) is 0.870. The highest BCUT2D eigenvalue weighted by Gasteiger charge is 2.10. The van der Waals surface area contributed by atoms with Crippen LogP contribution in [0.1, 0.15) is 22.8 Å². The first kappa shape index (κ1) is 14.8. The van der Waals surface area contributed by atoms with Crippen molar-refractivity contribution >= 4 is 0 Å². The van der Waals surface area contributed by atoms with Crippen molar-refractivity contribution in [3.05, 3.63) is 71.3 Å². The standard InChI is InChI=1S/C18H23NO/c1-15-8-10-17(11-9-15)18(20)14-19(2)13-12-16-6-4-3-5-7-16/h3-11,18,20H,12-14H2,1-2H3/t18-/m1/s1. The Hall–Kier alpha value is -1.64. The van der Waals surface area contributed by atoms with Gasteiger partial charge in [0.2, 0.25) is 0 Å². The average Bonchev–Trinajstić information content (AvgIpc) is 2.47. The van der Waals surface area contributed by atoms with Gasteiger partial charge in [-0.2, -0.15) is 0 Å². The Kier molecular flexibility index (Phi) is 5.33. The summed E-state index contributed by atoms with van der Waals surface area (Å²) < 4.78 is 0. The van der Waals surface area contributed by atoms with Gasteiger partial charge < -0.3 is 10.0 Å². The fraction of sp³-hybridized carbons (Fsp3) is 0.333. The maximum absolute atomic E-state index is 10.2. The molecule has 1 atom stereocenters. The van der Waals surface area contributed by atoms with E-state index in [1.54, 1.807) is 0 Å². The summed E-state index contributed by atoms with van der Waals surface area (Å²) in [5.41, 5.74) is 3.55. The molecule has 0 aromatic heterocycles. The molecule has 1 N–H and O–H groups in total. The number of aryl methyl sites for hydroxylation is 1. The third-order valence-corrected chi connectivity index (χ3v) is 3.57. The number of hydrogen-bond acceptors (Lipinski definition) is 2. The second-order valence-electron chi connectivity index (χ2n) is 5.42. The Morgan fingerprint density at radius 2 is 1.65 bits per heavy atom. The van der Waals surface area contributed by atoms with E-state index in [2.05, 4.69) is 43.1 Å². The number of aliphatic hydroxyl groups is 1. The maximum Gasteiger partial charge on any atom is 0.0916 e. The Morgan fingerprint density at radius 1 is 1.00 bits per heavy atom. The summed E-state index contributed by atoms with van der Waals surface area (Å²) in [5.74, 6) is 0. The highest BCUT2D eigenvalue weighted by molar-refractivity contribution is 5.23. The van der Waals surface area contributed by atoms with Crippen LogP contribution in [0.2, 0.25) is 0 Å². The van der Waals surface area contributed by atoms with E-state index in [1.807, 2.05) is 30.3 Å². The molecule has 2 nitrogen and oxygen atoms in total. The molecule has 0 bridgehead atoms. The van der Waals surface area contributed by atoms with E-state index in [1.165, 1.54) is 11.1 Å². The number of benzene rings is 2. The van der Waals surface area contributed by atoms with Crippen LogP contribution in [0.3, 0.4) is 0 Å². The van der Waals surface area contributed by atoms with Gasteiger partial charge in [-0.25, -0.2) is 0 Å². The second kappa shape index (κ2) is 7.22. The topological polar surface area (TPSA) is 23.5 Å². The van der Waals surface area contributed by atoms with E-state index in [0.29, 0.717) is 6.54 Å². The molecule has 0 radical (unpaired) electrons. The lowest BCUT2D eigenvalue weighted by molar-refractivity contribution is 0.127. The lowest BCUT2D eigenvalue weighted by atomic mass is 10.1. The molecule has 0 saturated heterocycles. The first-order valence-corrected chi connectivity index (χ1v) is 7.12. The minimum absolute atomic E-state index is 0.420. The van der Waals surface area contributed by atoms with Crippen LogP contribution in [-0.4, -0.2) is 30.1 Å². The first-order chi connectivity index (χ1) is 9.65. The predicted molar refractivity (Wildman–Crippen MR) is 83.8 cm³/mol. The minimum atomic E-state index is -0.420. The van der Waals surface area contributed by atoms with Gasteiger partial charge in [-0.15, -0.1) is 0 Å². The summed E-state index contributed by atoms with van der Waals surface area (Å²) >= 11 is 0. The zero-order valence-corrected chi connectivity index (χ0v) is 12.3. The average molecular weight is 269 g/mol. The summed E-state index contributed by atoms with van der Waals surface area (Å²) in [4.78, 5) is 2.18. The smallest absolute Gasteiger partial charge is 0.0916 e. The van der Waals surface area contributed by atoms with Gasteiger partial charge >= 0.3 is 0 Å². The number of hydrogen-bond donors (Lipinski definition) is 1. The van der Waals surface area contributed by atoms with Gasteiger partial charge in [0.15, 0.2) is 0 Å². The fourth-order valence-corrected chi connectivity index (χ4v) is 2.25. The van der Waals surface area contributed by atoms with Crippen LogP contribution in [-0.2, 0) is 6.42 Å². The molecule has 0 amide bonds. The van der Waals surface area contributed by atoms with E-state index < -0.39 is 6.10 Å². The summed E-state index contributed by atoms with van der Waals surface area (Å²) in [6.45, 7) is 3.67. The van der Waals surface area contributed by atoms with Crippen molar-refractivity contribution in [2.45, 2.75) is 19.4 Å². The van der Waals surface area contributed by atoms with Crippen molar-refractivity contribution in [3.8, 4) is 0 Å². The number of nitrogens with zero attached hydrogens (tertiary/aromatic N) is 1. The van der Waals surface area contributed by atoms with Crippen LogP contribution >= 0.6 is 0 Å². The lowest BCUT2D eigenvalue weighted by Crippen LogP contribution is -2.26. The molecule has 2 heteroatoms. The lowest BCUT2D eigenvalue weighted by Gasteiger charge is -2.21. The van der Waals surface area contributed by atoms with E-state index in [9.17, 15) is 5.11 Å². The van der Waals surface area contributed by atoms with E-state index in [0.717, 1.165) is 18.5 Å². The molecule has 106 valence electrons. The molecular formula is C18H23NO. The third kappa shape index (κ3) is 4.48. The minimum Gasteiger partial charge on any atom is -0.387 e. The molecule has 0 spiro atoms. The van der Waals surface area contributed by atoms with Crippen molar-refractivity contribution in [2.75, 3.05) is 20.1 Å². The van der Waals surface area contributed by atoms with Crippen molar-refractivity contribution in [2.24, 2.45) is 0 Å². The summed E-state index contributed by atoms with van der Waals surface area (Å²) in [7, 11) is 2.06. The molecule has 0 aliphatic carbocycles. The van der Waals surface area contributed by atoms with Crippen LogP contribution in [0.15, 0.2) is 54.6 Å². The SMILES string of the molecule is Cc1ccc([C@H](O)CN(C)CCc2ccccc2)cc1. The summed E-state index contributed by atoms with van der Waals surface area (Å²) in [6, 6.07) is 18.6. The number of aliphatic hydroxyl groups excluding tert-OH is 1. The fourth-order valence-electron chi connectivity index (χ4n) is 2.25. The predicted octanol–water partition coefficient (Wildman–Crippen LogP) is 3.20. The first-order valence-electron chi connectivity index (χ1n) is 7.12. The molecular weight excluding hydrogens is 246 g/mol. The zero-order valence-electron chi connectivity index (χ0n) is 12.3. The van der Waals surface area contributed by atoms with Crippen molar-refractivity contribution in [1.29, 1.82) is 0 Å². The van der Waals surface area contributed by atoms with Gasteiger partial charge in [0, 0.05) is 13.1 Å². The molecule has 2 aromatic rings.